The summed E-state index contributed by atoms with van der Waals surface area (Å²) in [5.41, 5.74) is 2.53. The summed E-state index contributed by atoms with van der Waals surface area (Å²) in [7, 11) is 0. The third-order valence-electron chi connectivity index (χ3n) is 4.52. The van der Waals surface area contributed by atoms with Crippen LogP contribution in [0.1, 0.15) is 40.2 Å². The Morgan fingerprint density at radius 1 is 1.22 bits per heavy atom. The van der Waals surface area contributed by atoms with E-state index in [0.717, 1.165) is 42.1 Å². The third-order valence-corrected chi connectivity index (χ3v) is 5.66. The minimum atomic E-state index is -0.343. The topological polar surface area (TPSA) is 58.6 Å². The molecule has 7 heteroatoms. The second-order valence-corrected chi connectivity index (χ2v) is 7.36. The number of ether oxygens (including phenoxy) is 1. The van der Waals surface area contributed by atoms with Gasteiger partial charge in [-0.05, 0) is 31.0 Å². The van der Waals surface area contributed by atoms with Crippen molar-refractivity contribution in [3.8, 4) is 0 Å². The third kappa shape index (κ3) is 5.09. The average Bonchev–Trinajstić information content (AvgIpc) is 2.99. The largest absolute Gasteiger partial charge is 1.00 e. The number of carbonyl (C=O) groups excluding carboxylic acids is 2. The molecule has 0 fully saturated rings. The van der Waals surface area contributed by atoms with E-state index in [1.54, 1.807) is 6.92 Å². The Bertz CT molecular complexity index is 792. The number of likely N-dealkylation sites (N-methyl/N-ethyl adjacent to an activating group) is 1. The van der Waals surface area contributed by atoms with Gasteiger partial charge < -0.3 is 22.5 Å². The van der Waals surface area contributed by atoms with Crippen LogP contribution in [0.25, 0.3) is 0 Å². The zero-order chi connectivity index (χ0) is 18.5. The molecule has 3 rings (SSSR count). The summed E-state index contributed by atoms with van der Waals surface area (Å²) in [6.45, 7) is 6.96. The van der Waals surface area contributed by atoms with Crippen LogP contribution in [0.2, 0.25) is 0 Å². The van der Waals surface area contributed by atoms with Gasteiger partial charge in [-0.3, -0.25) is 9.69 Å². The Balaban J connectivity index is 0.00000261. The number of nitrogens with one attached hydrogen (secondary N) is 1. The van der Waals surface area contributed by atoms with Gasteiger partial charge in [-0.2, -0.15) is 0 Å². The molecular weight excluding hydrogens is 384 g/mol. The summed E-state index contributed by atoms with van der Waals surface area (Å²) in [5, 5.41) is 3.57. The van der Waals surface area contributed by atoms with E-state index in [2.05, 4.69) is 17.1 Å². The Morgan fingerprint density at radius 3 is 2.63 bits per heavy atom. The van der Waals surface area contributed by atoms with Crippen molar-refractivity contribution in [2.45, 2.75) is 33.2 Å². The predicted octanol–water partition coefficient (Wildman–Crippen LogP) is 0.488. The Morgan fingerprint density at radius 2 is 1.96 bits per heavy atom. The number of anilines is 1. The SMILES string of the molecule is CCOC(=O)c1c(NC(=O)Cc2ccccc2)sc2c1CCN(CC)C2.[Cl-]. The summed E-state index contributed by atoms with van der Waals surface area (Å²) < 4.78 is 5.25. The molecule has 1 amide bonds. The fourth-order valence-electron chi connectivity index (χ4n) is 3.19. The van der Waals surface area contributed by atoms with Gasteiger partial charge in [0.05, 0.1) is 18.6 Å². The first-order chi connectivity index (χ1) is 12.6. The van der Waals surface area contributed by atoms with E-state index in [1.165, 1.54) is 11.3 Å². The van der Waals surface area contributed by atoms with E-state index >= 15 is 0 Å². The summed E-state index contributed by atoms with van der Waals surface area (Å²) >= 11 is 1.50. The maximum absolute atomic E-state index is 12.5. The van der Waals surface area contributed by atoms with Gasteiger partial charge in [-0.1, -0.05) is 37.3 Å². The number of rotatable bonds is 6. The Kier molecular flexibility index (Phi) is 7.83. The minimum Gasteiger partial charge on any atom is -1.00 e. The molecule has 0 saturated carbocycles. The van der Waals surface area contributed by atoms with Gasteiger partial charge in [0.2, 0.25) is 5.91 Å². The van der Waals surface area contributed by atoms with Gasteiger partial charge in [0.25, 0.3) is 0 Å². The van der Waals surface area contributed by atoms with Gasteiger partial charge in [0.15, 0.2) is 0 Å². The van der Waals surface area contributed by atoms with Crippen molar-refractivity contribution in [1.82, 2.24) is 4.90 Å². The van der Waals surface area contributed by atoms with Crippen molar-refractivity contribution in [2.24, 2.45) is 0 Å². The molecule has 0 unspecified atom stereocenters. The number of hydrogen-bond acceptors (Lipinski definition) is 5. The lowest BCUT2D eigenvalue weighted by Crippen LogP contribution is -3.00. The number of carbonyl (C=O) groups is 2. The van der Waals surface area contributed by atoms with E-state index in [4.69, 9.17) is 4.74 Å². The Hall–Kier alpha value is -1.89. The normalized spacial score (nSPS) is 13.4. The summed E-state index contributed by atoms with van der Waals surface area (Å²) in [6, 6.07) is 9.59. The molecule has 146 valence electrons. The van der Waals surface area contributed by atoms with Crippen LogP contribution in [0.5, 0.6) is 0 Å². The second-order valence-electron chi connectivity index (χ2n) is 6.26. The predicted molar refractivity (Wildman–Crippen MR) is 104 cm³/mol. The molecule has 5 nitrogen and oxygen atoms in total. The smallest absolute Gasteiger partial charge is 0.341 e. The number of thiophene rings is 1. The number of benzene rings is 1. The summed E-state index contributed by atoms with van der Waals surface area (Å²) in [5.74, 6) is -0.461. The highest BCUT2D eigenvalue weighted by Crippen LogP contribution is 2.37. The van der Waals surface area contributed by atoms with Gasteiger partial charge in [-0.25, -0.2) is 4.79 Å². The van der Waals surface area contributed by atoms with Crippen molar-refractivity contribution in [1.29, 1.82) is 0 Å². The maximum atomic E-state index is 12.5. The first-order valence-electron chi connectivity index (χ1n) is 9.00. The molecule has 27 heavy (non-hydrogen) atoms. The van der Waals surface area contributed by atoms with E-state index in [9.17, 15) is 9.59 Å². The number of hydrogen-bond donors (Lipinski definition) is 1. The van der Waals surface area contributed by atoms with Crippen molar-refractivity contribution in [2.75, 3.05) is 25.0 Å². The fraction of sp³-hybridized carbons (Fsp3) is 0.400. The number of esters is 1. The molecule has 1 N–H and O–H groups in total. The molecule has 0 atom stereocenters. The van der Waals surface area contributed by atoms with Crippen LogP contribution in [-0.4, -0.2) is 36.5 Å². The van der Waals surface area contributed by atoms with Gasteiger partial charge in [0, 0.05) is 18.0 Å². The summed E-state index contributed by atoms with van der Waals surface area (Å²) in [6.07, 6.45) is 1.09. The van der Waals surface area contributed by atoms with Gasteiger partial charge >= 0.3 is 5.97 Å². The lowest BCUT2D eigenvalue weighted by Gasteiger charge is -2.25. The highest BCUT2D eigenvalue weighted by molar-refractivity contribution is 7.17. The van der Waals surface area contributed by atoms with Crippen molar-refractivity contribution in [3.05, 3.63) is 51.9 Å². The second kappa shape index (κ2) is 9.88. The molecular formula is C20H24ClN2O3S-. The van der Waals surface area contributed by atoms with E-state index in [1.807, 2.05) is 30.3 Å². The lowest BCUT2D eigenvalue weighted by atomic mass is 10.0. The number of amides is 1. The molecule has 1 aromatic heterocycles. The van der Waals surface area contributed by atoms with Crippen molar-refractivity contribution in [3.63, 3.8) is 0 Å². The monoisotopic (exact) mass is 407 g/mol. The fourth-order valence-corrected chi connectivity index (χ4v) is 4.48. The van der Waals surface area contributed by atoms with Crippen LogP contribution in [0, 0.1) is 0 Å². The number of nitrogens with zero attached hydrogens (tertiary/aromatic N) is 1. The van der Waals surface area contributed by atoms with Crippen LogP contribution >= 0.6 is 11.3 Å². The average molecular weight is 408 g/mol. The molecule has 1 aliphatic rings. The molecule has 2 heterocycles. The first kappa shape index (κ1) is 21.4. The quantitative estimate of drug-likeness (QED) is 0.708. The van der Waals surface area contributed by atoms with Crippen LogP contribution in [-0.2, 0) is 28.9 Å². The maximum Gasteiger partial charge on any atom is 0.341 e. The van der Waals surface area contributed by atoms with Crippen LogP contribution in [0.3, 0.4) is 0 Å². The molecule has 0 saturated heterocycles. The molecule has 1 aliphatic heterocycles. The molecule has 0 aliphatic carbocycles. The summed E-state index contributed by atoms with van der Waals surface area (Å²) in [4.78, 5) is 28.5. The van der Waals surface area contributed by atoms with E-state index in [0.29, 0.717) is 17.2 Å². The van der Waals surface area contributed by atoms with E-state index in [-0.39, 0.29) is 30.7 Å². The minimum absolute atomic E-state index is 0. The Labute approximate surface area is 170 Å². The van der Waals surface area contributed by atoms with Gasteiger partial charge in [0.1, 0.15) is 5.00 Å². The van der Waals surface area contributed by atoms with Gasteiger partial charge in [-0.15, -0.1) is 11.3 Å². The molecule has 0 spiro atoms. The van der Waals surface area contributed by atoms with Crippen molar-refractivity contribution < 1.29 is 26.7 Å². The number of halogens is 1. The van der Waals surface area contributed by atoms with Crippen LogP contribution in [0.15, 0.2) is 30.3 Å². The molecule has 1 aromatic carbocycles. The molecule has 0 bridgehead atoms. The molecule has 2 aromatic rings. The lowest BCUT2D eigenvalue weighted by molar-refractivity contribution is -0.115. The highest BCUT2D eigenvalue weighted by atomic mass is 35.5. The standard InChI is InChI=1S/C20H24N2O3S.ClH/c1-3-22-11-10-15-16(13-22)26-19(18(15)20(24)25-4-2)21-17(23)12-14-8-6-5-7-9-14;/h5-9H,3-4,10-13H2,1-2H3,(H,21,23);1H/p-1. The van der Waals surface area contributed by atoms with E-state index < -0.39 is 0 Å². The number of fused-ring (bicyclic) bond motifs is 1. The van der Waals surface area contributed by atoms with Crippen LogP contribution < -0.4 is 17.7 Å². The van der Waals surface area contributed by atoms with Crippen molar-refractivity contribution >= 4 is 28.2 Å². The molecule has 0 radical (unpaired) electrons. The highest BCUT2D eigenvalue weighted by Gasteiger charge is 2.29. The van der Waals surface area contributed by atoms with Crippen LogP contribution in [0.4, 0.5) is 5.00 Å². The zero-order valence-corrected chi connectivity index (χ0v) is 17.2. The zero-order valence-electron chi connectivity index (χ0n) is 15.6. The first-order valence-corrected chi connectivity index (χ1v) is 9.81.